The van der Waals surface area contributed by atoms with Crippen molar-refractivity contribution in [2.24, 2.45) is 14.1 Å². The van der Waals surface area contributed by atoms with Crippen LogP contribution in [0.15, 0.2) is 83.7 Å². The van der Waals surface area contributed by atoms with Crippen molar-refractivity contribution in [3.8, 4) is 0 Å². The summed E-state index contributed by atoms with van der Waals surface area (Å²) >= 11 is 0. The highest BCUT2D eigenvalue weighted by molar-refractivity contribution is 6.00. The van der Waals surface area contributed by atoms with Gasteiger partial charge in [0.25, 0.3) is 0 Å². The minimum absolute atomic E-state index is 0.00733. The van der Waals surface area contributed by atoms with E-state index in [4.69, 9.17) is 0 Å². The molecule has 3 heterocycles. The molecule has 1 fully saturated rings. The van der Waals surface area contributed by atoms with Crippen molar-refractivity contribution in [1.82, 2.24) is 24.5 Å². The lowest BCUT2D eigenvalue weighted by Crippen LogP contribution is -2.47. The predicted molar refractivity (Wildman–Crippen MR) is 146 cm³/mol. The molecular weight excluding hydrogens is 446 g/mol. The highest BCUT2D eigenvalue weighted by Crippen LogP contribution is 2.38. The predicted octanol–water partition coefficient (Wildman–Crippen LogP) is 4.23. The number of imidazole rings is 1. The number of hydrogen-bond acceptors (Lipinski definition) is 4. The highest BCUT2D eigenvalue weighted by Gasteiger charge is 2.33. The molecule has 0 amide bonds. The number of piperidine rings is 1. The molecule has 0 spiro atoms. The maximum atomic E-state index is 12.8. The van der Waals surface area contributed by atoms with E-state index in [1.165, 1.54) is 22.4 Å². The van der Waals surface area contributed by atoms with E-state index in [2.05, 4.69) is 88.1 Å². The molecule has 184 valence electrons. The number of aromatic nitrogens is 2. The summed E-state index contributed by atoms with van der Waals surface area (Å²) in [4.78, 5) is 15.3. The Morgan fingerprint density at radius 2 is 1.53 bits per heavy atom. The molecule has 1 aromatic heterocycles. The molecule has 2 aliphatic rings. The first-order valence-corrected chi connectivity index (χ1v) is 12.8. The van der Waals surface area contributed by atoms with Crippen LogP contribution in [0.25, 0.3) is 22.3 Å². The summed E-state index contributed by atoms with van der Waals surface area (Å²) in [7, 11) is 3.73. The minimum atomic E-state index is 0.00733. The lowest BCUT2D eigenvalue weighted by Gasteiger charge is -2.38. The molecule has 36 heavy (non-hydrogen) atoms. The summed E-state index contributed by atoms with van der Waals surface area (Å²) in [5, 5.41) is 2.42. The third-order valence-electron chi connectivity index (χ3n) is 7.78. The number of para-hydroxylation sites is 1. The lowest BCUT2D eigenvalue weighted by atomic mass is 9.97. The maximum Gasteiger partial charge on any atom is 0.328 e. The quantitative estimate of drug-likeness (QED) is 0.465. The van der Waals surface area contributed by atoms with E-state index in [1.807, 2.05) is 20.2 Å². The van der Waals surface area contributed by atoms with Crippen LogP contribution in [0, 0.1) is 0 Å². The smallest absolute Gasteiger partial charge is 0.304 e. The lowest BCUT2D eigenvalue weighted by molar-refractivity contribution is 0.122. The Hall–Kier alpha value is -3.61. The number of hydrogen-bond donors (Lipinski definition) is 1. The van der Waals surface area contributed by atoms with E-state index in [-0.39, 0.29) is 5.69 Å². The summed E-state index contributed by atoms with van der Waals surface area (Å²) in [6, 6.07) is 28.1. The molecule has 6 rings (SSSR count). The van der Waals surface area contributed by atoms with Gasteiger partial charge in [-0.2, -0.15) is 0 Å². The van der Waals surface area contributed by atoms with Crippen molar-refractivity contribution in [2.45, 2.75) is 25.4 Å². The summed E-state index contributed by atoms with van der Waals surface area (Å²) in [5.74, 6) is 0. The van der Waals surface area contributed by atoms with Crippen LogP contribution in [0.2, 0.25) is 0 Å². The fourth-order valence-corrected chi connectivity index (χ4v) is 5.92. The monoisotopic (exact) mass is 479 g/mol. The molecule has 0 atom stereocenters. The zero-order valence-corrected chi connectivity index (χ0v) is 21.0. The van der Waals surface area contributed by atoms with Crippen LogP contribution < -0.4 is 11.1 Å². The standard InChI is InChI=1S/C30H33N5O/c1-32-27-15-9-14-25(29(27)33(2)30(32)36)26-20-31-35(28(26)23-12-7-4-8-13-23)24-16-18-34(19-17-24)21-22-10-5-3-6-11-22/h3-15,24,31H,16-21H2,1-2H3. The van der Waals surface area contributed by atoms with Crippen molar-refractivity contribution < 1.29 is 0 Å². The van der Waals surface area contributed by atoms with Gasteiger partial charge in [0.15, 0.2) is 0 Å². The molecule has 6 heteroatoms. The van der Waals surface area contributed by atoms with Crippen molar-refractivity contribution in [1.29, 1.82) is 0 Å². The van der Waals surface area contributed by atoms with Crippen molar-refractivity contribution >= 4 is 22.3 Å². The number of nitrogens with zero attached hydrogens (tertiary/aromatic N) is 4. The van der Waals surface area contributed by atoms with E-state index in [1.54, 1.807) is 9.13 Å². The Morgan fingerprint density at radius 3 is 2.25 bits per heavy atom. The van der Waals surface area contributed by atoms with Crippen LogP contribution in [0.3, 0.4) is 0 Å². The van der Waals surface area contributed by atoms with Gasteiger partial charge in [-0.3, -0.25) is 14.0 Å². The average molecular weight is 480 g/mol. The van der Waals surface area contributed by atoms with Gasteiger partial charge in [-0.1, -0.05) is 72.8 Å². The average Bonchev–Trinajstić information content (AvgIpc) is 3.46. The van der Waals surface area contributed by atoms with Crippen molar-refractivity contribution in [3.05, 3.63) is 106 Å². The van der Waals surface area contributed by atoms with Gasteiger partial charge in [-0.25, -0.2) is 10.2 Å². The number of fused-ring (bicyclic) bond motifs is 1. The largest absolute Gasteiger partial charge is 0.328 e. The normalized spacial score (nSPS) is 17.4. The fourth-order valence-electron chi connectivity index (χ4n) is 5.92. The van der Waals surface area contributed by atoms with Crippen LogP contribution in [-0.2, 0) is 20.6 Å². The Morgan fingerprint density at radius 1 is 0.833 bits per heavy atom. The third kappa shape index (κ3) is 3.96. The molecular formula is C30H33N5O. The first-order valence-electron chi connectivity index (χ1n) is 12.8. The van der Waals surface area contributed by atoms with E-state index >= 15 is 0 Å². The van der Waals surface area contributed by atoms with Crippen molar-refractivity contribution in [3.63, 3.8) is 0 Å². The Balaban J connectivity index is 1.35. The highest BCUT2D eigenvalue weighted by atomic mass is 16.1. The van der Waals surface area contributed by atoms with Gasteiger partial charge in [0, 0.05) is 57.5 Å². The zero-order valence-electron chi connectivity index (χ0n) is 21.0. The van der Waals surface area contributed by atoms with Crippen LogP contribution in [0.5, 0.6) is 0 Å². The summed E-state index contributed by atoms with van der Waals surface area (Å²) < 4.78 is 3.52. The maximum absolute atomic E-state index is 12.8. The van der Waals surface area contributed by atoms with Crippen molar-refractivity contribution in [2.75, 3.05) is 19.6 Å². The molecule has 6 nitrogen and oxygen atoms in total. The SMILES string of the molecule is Cn1c(=O)n(C)c2c(C3=C(c4ccccc4)N(C4CCN(Cc5ccccc5)CC4)NC3)cccc21. The van der Waals surface area contributed by atoms with Gasteiger partial charge in [0.05, 0.1) is 16.7 Å². The van der Waals surface area contributed by atoms with E-state index < -0.39 is 0 Å². The number of rotatable bonds is 5. The molecule has 0 aliphatic carbocycles. The molecule has 2 aliphatic heterocycles. The third-order valence-corrected chi connectivity index (χ3v) is 7.78. The molecule has 4 aromatic rings. The van der Waals surface area contributed by atoms with Gasteiger partial charge >= 0.3 is 5.69 Å². The zero-order chi connectivity index (χ0) is 24.6. The number of nitrogens with one attached hydrogen (secondary N) is 1. The number of likely N-dealkylation sites (tertiary alicyclic amines) is 1. The molecule has 3 aromatic carbocycles. The van der Waals surface area contributed by atoms with E-state index in [9.17, 15) is 4.79 Å². The summed E-state index contributed by atoms with van der Waals surface area (Å²) in [5.41, 5.74) is 11.9. The first-order chi connectivity index (χ1) is 17.6. The molecule has 1 saturated heterocycles. The Labute approximate surface area is 212 Å². The van der Waals surface area contributed by atoms with Gasteiger partial charge in [-0.05, 0) is 30.0 Å². The second kappa shape index (κ2) is 9.45. The number of hydrazine groups is 1. The topological polar surface area (TPSA) is 45.4 Å². The van der Waals surface area contributed by atoms with E-state index in [0.29, 0.717) is 6.04 Å². The number of benzene rings is 3. The summed E-state index contributed by atoms with van der Waals surface area (Å²) in [6.45, 7) is 3.92. The molecule has 0 bridgehead atoms. The van der Waals surface area contributed by atoms with Gasteiger partial charge in [-0.15, -0.1) is 0 Å². The summed E-state index contributed by atoms with van der Waals surface area (Å²) in [6.07, 6.45) is 2.22. The Bertz CT molecular complexity index is 1460. The van der Waals surface area contributed by atoms with Crippen LogP contribution in [0.4, 0.5) is 0 Å². The minimum Gasteiger partial charge on any atom is -0.304 e. The van der Waals surface area contributed by atoms with Crippen LogP contribution in [0.1, 0.15) is 29.5 Å². The second-order valence-electron chi connectivity index (χ2n) is 9.96. The molecule has 1 N–H and O–H groups in total. The van der Waals surface area contributed by atoms with Gasteiger partial charge in [0.2, 0.25) is 0 Å². The van der Waals surface area contributed by atoms with E-state index in [0.717, 1.165) is 55.6 Å². The Kier molecular flexibility index (Phi) is 5.99. The molecule has 0 unspecified atom stereocenters. The molecule has 0 radical (unpaired) electrons. The van der Waals surface area contributed by atoms with Crippen LogP contribution in [-0.4, -0.2) is 44.7 Å². The number of aryl methyl sites for hydroxylation is 2. The second-order valence-corrected chi connectivity index (χ2v) is 9.96. The van der Waals surface area contributed by atoms with Gasteiger partial charge < -0.3 is 5.01 Å². The van der Waals surface area contributed by atoms with Gasteiger partial charge in [0.1, 0.15) is 0 Å². The molecule has 0 saturated carbocycles. The fraction of sp³-hybridized carbons (Fsp3) is 0.300. The van der Waals surface area contributed by atoms with Crippen LogP contribution >= 0.6 is 0 Å². The first kappa shape index (κ1) is 22.8.